The number of imidazole rings is 1. The first kappa shape index (κ1) is 23.6. The first-order valence-corrected chi connectivity index (χ1v) is 12.1. The number of halogens is 4. The molecule has 0 aliphatic carbocycles. The summed E-state index contributed by atoms with van der Waals surface area (Å²) in [5, 5.41) is 8.64. The normalized spacial score (nSPS) is 14.0. The predicted molar refractivity (Wildman–Crippen MR) is 117 cm³/mol. The average molecular weight is 670 g/mol. The van der Waals surface area contributed by atoms with Crippen LogP contribution < -0.4 is 10.3 Å². The minimum absolute atomic E-state index is 0.0748. The van der Waals surface area contributed by atoms with Crippen LogP contribution in [0.5, 0.6) is 0 Å². The van der Waals surface area contributed by atoms with Crippen molar-refractivity contribution >= 4 is 60.9 Å². The number of carbonyl (C=O) groups is 1. The van der Waals surface area contributed by atoms with Gasteiger partial charge in [0.15, 0.2) is 0 Å². The van der Waals surface area contributed by atoms with Gasteiger partial charge in [0.2, 0.25) is 0 Å². The molecule has 0 saturated carbocycles. The summed E-state index contributed by atoms with van der Waals surface area (Å²) in [6.07, 6.45) is -1.61. The van der Waals surface area contributed by atoms with Gasteiger partial charge < -0.3 is 0 Å². The molecule has 1 aliphatic rings. The number of fused-ring (bicyclic) bond motifs is 1. The number of amides is 1. The molecule has 3 heterocycles. The molecule has 4 rings (SSSR count). The van der Waals surface area contributed by atoms with Gasteiger partial charge in [0.1, 0.15) is 11.3 Å². The molecule has 170 valence electrons. The van der Waals surface area contributed by atoms with Crippen molar-refractivity contribution in [3.05, 3.63) is 64.3 Å². The third-order valence-corrected chi connectivity index (χ3v) is 7.05. The second kappa shape index (κ2) is 9.75. The van der Waals surface area contributed by atoms with Gasteiger partial charge in [-0.2, -0.15) is 0 Å². The van der Waals surface area contributed by atoms with E-state index in [1.54, 1.807) is 12.1 Å². The average Bonchev–Trinajstić information content (AvgIpc) is 3.17. The van der Waals surface area contributed by atoms with Gasteiger partial charge >= 0.3 is 138 Å². The molecular weight excluding hydrogens is 653 g/mol. The number of hydrogen-bond donors (Lipinski definition) is 1. The Balaban J connectivity index is 1.53. The fourth-order valence-corrected chi connectivity index (χ4v) is 4.61. The molecule has 1 amide bonds. The predicted octanol–water partition coefficient (Wildman–Crippen LogP) is 3.12. The van der Waals surface area contributed by atoms with E-state index >= 15 is 0 Å². The molecule has 1 N–H and O–H groups in total. The summed E-state index contributed by atoms with van der Waals surface area (Å²) in [6, 6.07) is 7.83. The Hall–Kier alpha value is -2.55. The van der Waals surface area contributed by atoms with Crippen LogP contribution in [0.15, 0.2) is 41.6 Å². The number of hydrazone groups is 1. The van der Waals surface area contributed by atoms with Crippen LogP contribution in [-0.2, 0) is 11.3 Å². The molecule has 13 heteroatoms. The first-order valence-electron chi connectivity index (χ1n) is 9.73. The summed E-state index contributed by atoms with van der Waals surface area (Å²) in [6.45, 7) is 1.10. The Kier molecular flexibility index (Phi) is 6.97. The minimum atomic E-state index is -2.95. The standard InChI is InChI=1S/C20H18ClF3N6O2.Tl/c1-32-20-25-6-7-30(28-20)14-4-2-11(8-13(14)22)9-26-19(31)17-16(18(23)24)27-15-5-3-12(21)10-29(15)17;/h2-5,8,10,18H,6-7,9H2,1H3,(H2,25,26,28,31);/q;+1/p-1. The van der Waals surface area contributed by atoms with Crippen LogP contribution in [0.25, 0.3) is 5.65 Å². The van der Waals surface area contributed by atoms with Crippen LogP contribution in [0, 0.1) is 5.82 Å². The first-order chi connectivity index (χ1) is 15.8. The number of alkyl halides is 2. The van der Waals surface area contributed by atoms with Crippen molar-refractivity contribution in [2.45, 2.75) is 13.0 Å². The third-order valence-electron chi connectivity index (χ3n) is 4.96. The van der Waals surface area contributed by atoms with Crippen molar-refractivity contribution in [3.63, 3.8) is 0 Å². The van der Waals surface area contributed by atoms with Gasteiger partial charge in [-0.1, -0.05) is 11.6 Å². The molecule has 1 aromatic carbocycles. The number of nitrogens with zero attached hydrogens (tertiary/aromatic N) is 5. The number of carbonyl (C=O) groups excluding carboxylic acids is 1. The van der Waals surface area contributed by atoms with Crippen LogP contribution in [0.2, 0.25) is 5.02 Å². The van der Waals surface area contributed by atoms with E-state index < -0.39 is 23.8 Å². The molecule has 33 heavy (non-hydrogen) atoms. The van der Waals surface area contributed by atoms with E-state index in [0.29, 0.717) is 50.7 Å². The van der Waals surface area contributed by atoms with Crippen molar-refractivity contribution in [1.29, 1.82) is 0 Å². The van der Waals surface area contributed by atoms with E-state index in [9.17, 15) is 18.0 Å². The number of anilines is 1. The number of hydrogen-bond acceptors (Lipinski definition) is 6. The zero-order chi connectivity index (χ0) is 23.7. The Morgan fingerprint density at radius 3 is 2.79 bits per heavy atom. The van der Waals surface area contributed by atoms with E-state index in [4.69, 9.17) is 16.3 Å². The van der Waals surface area contributed by atoms with Gasteiger partial charge in [0, 0.05) is 6.20 Å². The van der Waals surface area contributed by atoms with Crippen molar-refractivity contribution in [2.24, 2.45) is 5.10 Å². The second-order valence-electron chi connectivity index (χ2n) is 7.09. The van der Waals surface area contributed by atoms with Crippen molar-refractivity contribution in [2.75, 3.05) is 25.2 Å². The van der Waals surface area contributed by atoms with E-state index in [2.05, 4.69) is 15.4 Å². The molecule has 2 aromatic heterocycles. The molecule has 8 nitrogen and oxygen atoms in total. The number of rotatable bonds is 5. The number of pyridine rings is 1. The maximum absolute atomic E-state index is 14.8. The number of methoxy groups -OCH3 is 1. The SMILES string of the molecule is COC1=NN(c2ccc(CNC(=O)c3c(C(F)F)nc4ccc(Cl)cn34)cc2F)CC[N]1[Tl]. The Bertz CT molecular complexity index is 1240. The van der Waals surface area contributed by atoms with E-state index in [-0.39, 0.29) is 28.6 Å². The van der Waals surface area contributed by atoms with Gasteiger partial charge in [-0.3, -0.25) is 4.40 Å². The van der Waals surface area contributed by atoms with Crippen molar-refractivity contribution in [3.8, 4) is 0 Å². The van der Waals surface area contributed by atoms with Gasteiger partial charge in [-0.05, 0) is 12.1 Å². The second-order valence-corrected chi connectivity index (χ2v) is 9.95. The number of amidine groups is 1. The third kappa shape index (κ3) is 4.88. The Labute approximate surface area is 208 Å². The van der Waals surface area contributed by atoms with Crippen LogP contribution >= 0.6 is 11.6 Å². The van der Waals surface area contributed by atoms with E-state index in [1.807, 2.05) is 2.71 Å². The van der Waals surface area contributed by atoms with Crippen molar-refractivity contribution < 1.29 is 22.7 Å². The zero-order valence-corrected chi connectivity index (χ0v) is 22.5. The molecule has 0 saturated heterocycles. The van der Waals surface area contributed by atoms with Gasteiger partial charge in [-0.25, -0.2) is 13.8 Å². The Morgan fingerprint density at radius 1 is 1.30 bits per heavy atom. The van der Waals surface area contributed by atoms with E-state index in [1.165, 1.54) is 40.9 Å². The number of ether oxygens (including phenoxy) is 1. The molecular formula is C20H17ClF3N6O2Tl. The summed E-state index contributed by atoms with van der Waals surface area (Å²) in [5.41, 5.74) is -0.0747. The topological polar surface area (TPSA) is 74.5 Å². The fraction of sp³-hybridized carbons (Fsp3) is 0.250. The quantitative estimate of drug-likeness (QED) is 0.423. The zero-order valence-electron chi connectivity index (χ0n) is 17.3. The van der Waals surface area contributed by atoms with Crippen LogP contribution in [0.1, 0.15) is 28.2 Å². The van der Waals surface area contributed by atoms with Crippen molar-refractivity contribution in [1.82, 2.24) is 17.4 Å². The molecule has 0 bridgehead atoms. The molecule has 0 radical (unpaired) electrons. The van der Waals surface area contributed by atoms with Crippen LogP contribution in [-0.4, -0.2) is 70.3 Å². The molecule has 0 fully saturated rings. The monoisotopic (exact) mass is 670 g/mol. The molecule has 1 aliphatic heterocycles. The molecule has 0 spiro atoms. The van der Waals surface area contributed by atoms with E-state index in [0.717, 1.165) is 0 Å². The van der Waals surface area contributed by atoms with Gasteiger partial charge in [-0.15, -0.1) is 0 Å². The van der Waals surface area contributed by atoms with Gasteiger partial charge in [0.05, 0.1) is 5.02 Å². The summed E-state index contributed by atoms with van der Waals surface area (Å²) in [7, 11) is 1.51. The number of benzene rings is 1. The summed E-state index contributed by atoms with van der Waals surface area (Å²) in [4.78, 5) is 16.6. The summed E-state index contributed by atoms with van der Waals surface area (Å²) < 4.78 is 50.2. The number of nitrogens with one attached hydrogen (secondary N) is 1. The number of aromatic nitrogens is 2. The fourth-order valence-electron chi connectivity index (χ4n) is 3.39. The summed E-state index contributed by atoms with van der Waals surface area (Å²) >= 11 is 6.46. The molecule has 0 unspecified atom stereocenters. The van der Waals surface area contributed by atoms with Crippen LogP contribution in [0.4, 0.5) is 18.9 Å². The van der Waals surface area contributed by atoms with Crippen LogP contribution in [0.3, 0.4) is 0 Å². The van der Waals surface area contributed by atoms with Gasteiger partial charge in [0.25, 0.3) is 6.43 Å². The molecule has 3 aromatic rings. The summed E-state index contributed by atoms with van der Waals surface area (Å²) in [5.74, 6) is -1.30. The Morgan fingerprint density at radius 2 is 2.09 bits per heavy atom. The molecule has 0 atom stereocenters. The maximum atomic E-state index is 14.8.